The van der Waals surface area contributed by atoms with Crippen molar-refractivity contribution in [2.45, 2.75) is 32.2 Å². The molecule has 0 heterocycles. The zero-order valence-electron chi connectivity index (χ0n) is 9.56. The van der Waals surface area contributed by atoms with Gasteiger partial charge in [0.1, 0.15) is 6.61 Å². The highest BCUT2D eigenvalue weighted by atomic mass is 16.9. The second-order valence-corrected chi connectivity index (χ2v) is 3.21. The number of methoxy groups -OCH3 is 1. The van der Waals surface area contributed by atoms with E-state index in [1.54, 1.807) is 7.11 Å². The molecule has 0 rings (SSSR count). The molecule has 6 nitrogen and oxygen atoms in total. The van der Waals surface area contributed by atoms with Crippen LogP contribution < -0.4 is 5.23 Å². The predicted molar refractivity (Wildman–Crippen MR) is 53.9 cm³/mol. The fourth-order valence-electron chi connectivity index (χ4n) is 1.03. The minimum absolute atomic E-state index is 0.246. The molecule has 0 aliphatic rings. The molecule has 15 heavy (non-hydrogen) atoms. The number of ether oxygens (including phenoxy) is 2. The van der Waals surface area contributed by atoms with E-state index in [1.165, 1.54) is 7.05 Å². The Bertz CT molecular complexity index is 144. The van der Waals surface area contributed by atoms with Gasteiger partial charge in [0.15, 0.2) is 6.29 Å². The smallest absolute Gasteiger partial charge is 0.154 e. The van der Waals surface area contributed by atoms with E-state index in [4.69, 9.17) is 14.3 Å². The monoisotopic (exact) mass is 223 g/mol. The maximum Gasteiger partial charge on any atom is 0.154 e. The Kier molecular flexibility index (Phi) is 8.88. The molecule has 0 aliphatic carbocycles. The van der Waals surface area contributed by atoms with Crippen LogP contribution in [0.25, 0.3) is 0 Å². The van der Waals surface area contributed by atoms with E-state index < -0.39 is 6.29 Å². The number of nitrogens with one attached hydrogen (secondary N) is 1. The van der Waals surface area contributed by atoms with Crippen LogP contribution >= 0.6 is 0 Å². The van der Waals surface area contributed by atoms with Crippen LogP contribution in [0.1, 0.15) is 19.8 Å². The molecule has 2 N–H and O–H groups in total. The predicted octanol–water partition coefficient (Wildman–Crippen LogP) is -0.919. The highest BCUT2D eigenvalue weighted by Gasteiger charge is 2.13. The lowest BCUT2D eigenvalue weighted by Crippen LogP contribution is -3.02. The van der Waals surface area contributed by atoms with Gasteiger partial charge >= 0.3 is 0 Å². The van der Waals surface area contributed by atoms with Gasteiger partial charge in [0, 0.05) is 13.5 Å². The number of hydrogen-bond acceptors (Lipinski definition) is 5. The Morgan fingerprint density at radius 3 is 2.60 bits per heavy atom. The Morgan fingerprint density at radius 1 is 1.47 bits per heavy atom. The van der Waals surface area contributed by atoms with E-state index in [1.807, 2.05) is 6.92 Å². The Labute approximate surface area is 90.3 Å². The maximum absolute atomic E-state index is 10.5. The van der Waals surface area contributed by atoms with Crippen LogP contribution in [-0.2, 0) is 14.3 Å². The van der Waals surface area contributed by atoms with Gasteiger partial charge in [-0.2, -0.15) is 0 Å². The number of aliphatic hydroxyl groups excluding tert-OH is 1. The van der Waals surface area contributed by atoms with Gasteiger partial charge in [0.05, 0.1) is 19.8 Å². The molecule has 3 unspecified atom stereocenters. The lowest BCUT2D eigenvalue weighted by Gasteiger charge is -2.21. The van der Waals surface area contributed by atoms with Crippen molar-refractivity contribution in [3.05, 3.63) is 5.21 Å². The molecule has 6 heteroatoms. The fraction of sp³-hybridized carbons (Fsp3) is 1.00. The number of hydrogen-bond donors (Lipinski definition) is 2. The molecule has 92 valence electrons. The van der Waals surface area contributed by atoms with Crippen molar-refractivity contribution in [2.75, 3.05) is 27.4 Å². The molecule has 3 atom stereocenters. The molecule has 0 amide bonds. The SMILES string of the molecule is CCC(O)OC(CCO[NH+](C)[O-])COC. The number of quaternary nitrogens is 1. The van der Waals surface area contributed by atoms with Crippen molar-refractivity contribution < 1.29 is 24.6 Å². The average Bonchev–Trinajstić information content (AvgIpc) is 2.17. The Hall–Kier alpha value is -0.240. The molecule has 0 spiro atoms. The third kappa shape index (κ3) is 8.73. The molecule has 0 saturated carbocycles. The molecule has 0 saturated heterocycles. The minimum Gasteiger partial charge on any atom is -0.600 e. The fourth-order valence-corrected chi connectivity index (χ4v) is 1.03. The lowest BCUT2D eigenvalue weighted by molar-refractivity contribution is -1.04. The van der Waals surface area contributed by atoms with Crippen LogP contribution in [0.3, 0.4) is 0 Å². The third-order valence-electron chi connectivity index (χ3n) is 1.80. The summed E-state index contributed by atoms with van der Waals surface area (Å²) in [6, 6.07) is 0. The van der Waals surface area contributed by atoms with Gasteiger partial charge in [0.25, 0.3) is 0 Å². The molecule has 0 bridgehead atoms. The van der Waals surface area contributed by atoms with E-state index in [0.29, 0.717) is 19.4 Å². The largest absolute Gasteiger partial charge is 0.600 e. The molecule has 0 aromatic carbocycles. The first kappa shape index (κ1) is 14.8. The second-order valence-electron chi connectivity index (χ2n) is 3.21. The highest BCUT2D eigenvalue weighted by molar-refractivity contribution is 4.56. The van der Waals surface area contributed by atoms with Crippen molar-refractivity contribution in [3.63, 3.8) is 0 Å². The zero-order valence-corrected chi connectivity index (χ0v) is 9.56. The number of rotatable bonds is 9. The van der Waals surface area contributed by atoms with Crippen molar-refractivity contribution in [1.29, 1.82) is 0 Å². The third-order valence-corrected chi connectivity index (χ3v) is 1.80. The van der Waals surface area contributed by atoms with Crippen LogP contribution in [0.15, 0.2) is 0 Å². The van der Waals surface area contributed by atoms with E-state index in [-0.39, 0.29) is 17.9 Å². The van der Waals surface area contributed by atoms with E-state index >= 15 is 0 Å². The first-order chi connectivity index (χ1) is 7.10. The molecule has 0 aromatic rings. The summed E-state index contributed by atoms with van der Waals surface area (Å²) in [4.78, 5) is 4.78. The summed E-state index contributed by atoms with van der Waals surface area (Å²) in [5.74, 6) is 0. The summed E-state index contributed by atoms with van der Waals surface area (Å²) in [6.07, 6.45) is 0.00455. The summed E-state index contributed by atoms with van der Waals surface area (Å²) in [5.41, 5.74) is 0. The first-order valence-corrected chi connectivity index (χ1v) is 5.06. The van der Waals surface area contributed by atoms with Crippen molar-refractivity contribution in [3.8, 4) is 0 Å². The topological polar surface area (TPSA) is 75.4 Å². The van der Waals surface area contributed by atoms with Gasteiger partial charge in [-0.25, -0.2) is 10.1 Å². The normalized spacial score (nSPS) is 17.4. The van der Waals surface area contributed by atoms with Crippen molar-refractivity contribution >= 4 is 0 Å². The van der Waals surface area contributed by atoms with Crippen LogP contribution in [0, 0.1) is 5.21 Å². The molecular weight excluding hydrogens is 202 g/mol. The van der Waals surface area contributed by atoms with E-state index in [2.05, 4.69) is 0 Å². The van der Waals surface area contributed by atoms with Crippen LogP contribution in [0.4, 0.5) is 0 Å². The average molecular weight is 223 g/mol. The van der Waals surface area contributed by atoms with Gasteiger partial charge in [-0.05, 0) is 6.42 Å². The summed E-state index contributed by atoms with van der Waals surface area (Å²) in [5, 5.41) is 19.5. The molecule has 0 radical (unpaired) electrons. The summed E-state index contributed by atoms with van der Waals surface area (Å²) >= 11 is 0. The van der Waals surface area contributed by atoms with Gasteiger partial charge in [-0.1, -0.05) is 6.92 Å². The first-order valence-electron chi connectivity index (χ1n) is 5.06. The summed E-state index contributed by atoms with van der Waals surface area (Å²) < 4.78 is 10.2. The van der Waals surface area contributed by atoms with Gasteiger partial charge in [0.2, 0.25) is 0 Å². The Balaban J connectivity index is 3.72. The van der Waals surface area contributed by atoms with E-state index in [0.717, 1.165) is 0 Å². The quantitative estimate of drug-likeness (QED) is 0.390. The standard InChI is InChI=1S/C9H21NO5/c1-4-9(11)15-8(7-13-3)5-6-14-10(2)12/h8-11H,4-7H2,1-3H3. The molecule has 0 aliphatic heterocycles. The van der Waals surface area contributed by atoms with Crippen molar-refractivity contribution in [2.24, 2.45) is 0 Å². The number of aliphatic hydroxyl groups is 1. The summed E-state index contributed by atoms with van der Waals surface area (Å²) in [7, 11) is 2.91. The van der Waals surface area contributed by atoms with Gasteiger partial charge < -0.3 is 19.8 Å². The minimum atomic E-state index is -0.789. The van der Waals surface area contributed by atoms with Crippen molar-refractivity contribution in [1.82, 2.24) is 0 Å². The lowest BCUT2D eigenvalue weighted by atomic mass is 10.3. The highest BCUT2D eigenvalue weighted by Crippen LogP contribution is 2.04. The van der Waals surface area contributed by atoms with Gasteiger partial charge in [-0.15, -0.1) is 0 Å². The Morgan fingerprint density at radius 2 is 2.13 bits per heavy atom. The zero-order chi connectivity index (χ0) is 11.7. The summed E-state index contributed by atoms with van der Waals surface area (Å²) in [6.45, 7) is 2.47. The van der Waals surface area contributed by atoms with E-state index in [9.17, 15) is 10.3 Å². The number of hydroxylamine groups is 2. The molecule has 0 fully saturated rings. The van der Waals surface area contributed by atoms with Gasteiger partial charge in [-0.3, -0.25) is 0 Å². The molecule has 0 aromatic heterocycles. The van der Waals surface area contributed by atoms with Crippen LogP contribution in [0.2, 0.25) is 0 Å². The second kappa shape index (κ2) is 9.02. The maximum atomic E-state index is 10.5. The molecular formula is C9H21NO5. The van der Waals surface area contributed by atoms with Crippen LogP contribution in [0.5, 0.6) is 0 Å². The van der Waals surface area contributed by atoms with Crippen LogP contribution in [-0.4, -0.2) is 44.9 Å².